The molecule has 1 saturated carbocycles. The molecule has 0 unspecified atom stereocenters. The number of carboxylic acid groups (broad SMARTS) is 1. The van der Waals surface area contributed by atoms with E-state index in [9.17, 15) is 22.4 Å². The monoisotopic (exact) mass is 460 g/mol. The van der Waals surface area contributed by atoms with E-state index in [1.54, 1.807) is 0 Å². The Bertz CT molecular complexity index is 783. The number of carbonyl (C=O) groups is 2. The first kappa shape index (κ1) is 24.4. The fourth-order valence-electron chi connectivity index (χ4n) is 4.20. The third kappa shape index (κ3) is 7.16. The van der Waals surface area contributed by atoms with E-state index in [1.165, 1.54) is 25.0 Å². The van der Waals surface area contributed by atoms with Crippen molar-refractivity contribution >= 4 is 11.9 Å². The molecule has 1 aromatic carbocycles. The second kappa shape index (κ2) is 10.6. The van der Waals surface area contributed by atoms with Crippen molar-refractivity contribution in [3.05, 3.63) is 35.6 Å². The van der Waals surface area contributed by atoms with E-state index < -0.39 is 12.1 Å². The summed E-state index contributed by atoms with van der Waals surface area (Å²) in [7, 11) is 0. The van der Waals surface area contributed by atoms with Crippen LogP contribution < -0.4 is 5.32 Å². The summed E-state index contributed by atoms with van der Waals surface area (Å²) in [6.45, 7) is 4.19. The van der Waals surface area contributed by atoms with E-state index in [0.29, 0.717) is 12.5 Å². The summed E-state index contributed by atoms with van der Waals surface area (Å²) in [5, 5.41) is 10.3. The van der Waals surface area contributed by atoms with Gasteiger partial charge in [-0.05, 0) is 49.3 Å². The molecular weight excluding hydrogens is 432 g/mol. The Hall–Kier alpha value is -2.20. The molecule has 3 atom stereocenters. The number of aliphatic carboxylic acids is 1. The molecule has 1 amide bonds. The van der Waals surface area contributed by atoms with Crippen LogP contribution in [0.3, 0.4) is 0 Å². The first-order chi connectivity index (χ1) is 15.1. The van der Waals surface area contributed by atoms with Crippen molar-refractivity contribution in [1.29, 1.82) is 0 Å². The number of alkyl halides is 3. The maximum atomic E-state index is 13.1. The van der Waals surface area contributed by atoms with Gasteiger partial charge in [0, 0.05) is 44.6 Å². The Balaban J connectivity index is 0.000000360. The van der Waals surface area contributed by atoms with Crippen LogP contribution in [-0.2, 0) is 20.9 Å². The van der Waals surface area contributed by atoms with E-state index in [4.69, 9.17) is 14.6 Å². The van der Waals surface area contributed by atoms with E-state index in [0.717, 1.165) is 44.6 Å². The van der Waals surface area contributed by atoms with Gasteiger partial charge in [-0.1, -0.05) is 12.1 Å². The minimum atomic E-state index is -5.08. The van der Waals surface area contributed by atoms with Crippen LogP contribution in [0, 0.1) is 23.6 Å². The lowest BCUT2D eigenvalue weighted by molar-refractivity contribution is -0.192. The zero-order valence-electron chi connectivity index (χ0n) is 17.6. The average Bonchev–Trinajstić information content (AvgIpc) is 3.57. The van der Waals surface area contributed by atoms with Gasteiger partial charge in [0.2, 0.25) is 5.91 Å². The van der Waals surface area contributed by atoms with Crippen LogP contribution in [0.2, 0.25) is 0 Å². The fraction of sp³-hybridized carbons (Fsp3) is 0.636. The van der Waals surface area contributed by atoms with Crippen molar-refractivity contribution in [1.82, 2.24) is 10.2 Å². The Kier molecular flexibility index (Phi) is 8.10. The zero-order chi connectivity index (χ0) is 23.3. The lowest BCUT2D eigenvalue weighted by atomic mass is 9.79. The number of nitrogens with zero attached hydrogens (tertiary/aromatic N) is 1. The fourth-order valence-corrected chi connectivity index (χ4v) is 4.20. The second-order valence-electron chi connectivity index (χ2n) is 8.61. The first-order valence-corrected chi connectivity index (χ1v) is 10.8. The molecule has 178 valence electrons. The van der Waals surface area contributed by atoms with E-state index in [1.807, 2.05) is 12.1 Å². The molecule has 10 heteroatoms. The molecule has 6 nitrogen and oxygen atoms in total. The van der Waals surface area contributed by atoms with Gasteiger partial charge >= 0.3 is 12.1 Å². The molecule has 0 bridgehead atoms. The number of rotatable bonds is 5. The molecule has 2 aliphatic heterocycles. The van der Waals surface area contributed by atoms with Crippen molar-refractivity contribution in [2.45, 2.75) is 44.5 Å². The molecule has 1 aliphatic carbocycles. The normalized spacial score (nSPS) is 25.8. The van der Waals surface area contributed by atoms with Crippen molar-refractivity contribution in [2.24, 2.45) is 17.8 Å². The summed E-state index contributed by atoms with van der Waals surface area (Å²) >= 11 is 0. The van der Waals surface area contributed by atoms with Gasteiger partial charge < -0.3 is 15.2 Å². The van der Waals surface area contributed by atoms with Crippen molar-refractivity contribution in [2.75, 3.05) is 26.2 Å². The van der Waals surface area contributed by atoms with Crippen LogP contribution in [0.25, 0.3) is 0 Å². The number of carbonyl (C=O) groups excluding carboxylic acids is 1. The van der Waals surface area contributed by atoms with Crippen LogP contribution in [0.1, 0.15) is 31.2 Å². The van der Waals surface area contributed by atoms with E-state index in [-0.39, 0.29) is 29.7 Å². The topological polar surface area (TPSA) is 78.9 Å². The first-order valence-electron chi connectivity index (χ1n) is 10.8. The third-order valence-electron chi connectivity index (χ3n) is 6.11. The molecule has 2 saturated heterocycles. The summed E-state index contributed by atoms with van der Waals surface area (Å²) in [6.07, 6.45) is -0.577. The van der Waals surface area contributed by atoms with Crippen molar-refractivity contribution in [3.63, 3.8) is 0 Å². The average molecular weight is 460 g/mol. The maximum absolute atomic E-state index is 13.1. The molecule has 3 fully saturated rings. The summed E-state index contributed by atoms with van der Waals surface area (Å²) in [5.41, 5.74) is 1.12. The highest BCUT2D eigenvalue weighted by Gasteiger charge is 2.42. The van der Waals surface area contributed by atoms with Crippen LogP contribution in [0.4, 0.5) is 17.6 Å². The largest absolute Gasteiger partial charge is 0.490 e. The number of piperidine rings is 1. The summed E-state index contributed by atoms with van der Waals surface area (Å²) in [6, 6.07) is 6.72. The lowest BCUT2D eigenvalue weighted by Crippen LogP contribution is -2.53. The zero-order valence-corrected chi connectivity index (χ0v) is 17.6. The van der Waals surface area contributed by atoms with Gasteiger partial charge in [-0.2, -0.15) is 13.2 Å². The number of hydrogen-bond donors (Lipinski definition) is 2. The Morgan fingerprint density at radius 3 is 2.38 bits per heavy atom. The summed E-state index contributed by atoms with van der Waals surface area (Å²) < 4.78 is 50.8. The van der Waals surface area contributed by atoms with Crippen LogP contribution in [0.5, 0.6) is 0 Å². The van der Waals surface area contributed by atoms with E-state index in [2.05, 4.69) is 10.2 Å². The highest BCUT2D eigenvalue weighted by molar-refractivity contribution is 5.79. The molecule has 0 spiro atoms. The number of likely N-dealkylation sites (tertiary alicyclic amines) is 1. The van der Waals surface area contributed by atoms with Gasteiger partial charge in [0.15, 0.2) is 0 Å². The van der Waals surface area contributed by atoms with Crippen LogP contribution in [0.15, 0.2) is 24.3 Å². The predicted molar refractivity (Wildman–Crippen MR) is 107 cm³/mol. The minimum absolute atomic E-state index is 0.0634. The number of hydrogen-bond acceptors (Lipinski definition) is 4. The van der Waals surface area contributed by atoms with Gasteiger partial charge in [-0.15, -0.1) is 0 Å². The SMILES string of the molecule is O=C(NCC1CC1)[C@@H]1CCO[C@@H]2CCN(Cc3ccc(F)cc3)C[C@H]21.O=C(O)C(F)(F)F. The number of carboxylic acids is 1. The number of amides is 1. The number of benzene rings is 1. The third-order valence-corrected chi connectivity index (χ3v) is 6.11. The minimum Gasteiger partial charge on any atom is -0.475 e. The lowest BCUT2D eigenvalue weighted by Gasteiger charge is -2.44. The number of ether oxygens (including phenoxy) is 1. The number of nitrogens with one attached hydrogen (secondary N) is 1. The standard InChI is InChI=1S/C20H27FN2O2.C2HF3O2/c21-16-5-3-15(4-6-16)12-23-9-7-19-18(13-23)17(8-10-25-19)20(24)22-11-14-1-2-14;3-2(4,5)1(6)7/h3-6,14,17-19H,1-2,7-13H2,(H,22,24);(H,6,7)/t17-,18+,19-;/m1./s1. The molecule has 4 rings (SSSR count). The van der Waals surface area contributed by atoms with Gasteiger partial charge in [-0.25, -0.2) is 9.18 Å². The van der Waals surface area contributed by atoms with Gasteiger partial charge in [0.25, 0.3) is 0 Å². The molecule has 3 aliphatic rings. The Labute approximate surface area is 183 Å². The molecular formula is C22H28F4N2O4. The van der Waals surface area contributed by atoms with Crippen molar-refractivity contribution in [3.8, 4) is 0 Å². The van der Waals surface area contributed by atoms with Gasteiger partial charge in [0.05, 0.1) is 6.10 Å². The molecule has 2 N–H and O–H groups in total. The Morgan fingerprint density at radius 1 is 1.12 bits per heavy atom. The molecule has 1 aromatic rings. The van der Waals surface area contributed by atoms with Crippen LogP contribution >= 0.6 is 0 Å². The Morgan fingerprint density at radius 2 is 1.78 bits per heavy atom. The van der Waals surface area contributed by atoms with E-state index >= 15 is 0 Å². The molecule has 2 heterocycles. The number of halogens is 4. The highest BCUT2D eigenvalue weighted by Crippen LogP contribution is 2.34. The summed E-state index contributed by atoms with van der Waals surface area (Å²) in [5.74, 6) is -1.70. The predicted octanol–water partition coefficient (Wildman–Crippen LogP) is 3.21. The quantitative estimate of drug-likeness (QED) is 0.660. The maximum Gasteiger partial charge on any atom is 0.490 e. The second-order valence-corrected chi connectivity index (χ2v) is 8.61. The number of fused-ring (bicyclic) bond motifs is 1. The summed E-state index contributed by atoms with van der Waals surface area (Å²) in [4.78, 5) is 23.9. The van der Waals surface area contributed by atoms with Crippen LogP contribution in [-0.4, -0.2) is 60.4 Å². The van der Waals surface area contributed by atoms with Gasteiger partial charge in [0.1, 0.15) is 5.82 Å². The highest BCUT2D eigenvalue weighted by atomic mass is 19.4. The van der Waals surface area contributed by atoms with Crippen molar-refractivity contribution < 1.29 is 37.0 Å². The van der Waals surface area contributed by atoms with Gasteiger partial charge in [-0.3, -0.25) is 9.69 Å². The smallest absolute Gasteiger partial charge is 0.475 e. The molecule has 0 aromatic heterocycles. The molecule has 32 heavy (non-hydrogen) atoms. The molecule has 0 radical (unpaired) electrons.